The van der Waals surface area contributed by atoms with E-state index >= 15 is 4.39 Å². The molecule has 2 aromatic carbocycles. The lowest BCUT2D eigenvalue weighted by Crippen LogP contribution is -2.55. The molecule has 6 rings (SSSR count). The second-order valence-corrected chi connectivity index (χ2v) is 13.4. The van der Waals surface area contributed by atoms with E-state index in [1.165, 1.54) is 6.07 Å². The number of nitrogens with zero attached hydrogens (tertiary/aromatic N) is 5. The number of carbonyl (C=O) groups excluding carboxylic acids is 1. The van der Waals surface area contributed by atoms with Crippen molar-refractivity contribution in [2.45, 2.75) is 79.6 Å². The number of amides is 1. The predicted molar refractivity (Wildman–Crippen MR) is 173 cm³/mol. The molecule has 236 valence electrons. The number of pyridine rings is 1. The number of anilines is 1. The van der Waals surface area contributed by atoms with Crippen LogP contribution in [0.3, 0.4) is 0 Å². The predicted octanol–water partition coefficient (Wildman–Crippen LogP) is 6.67. The average molecular weight is 614 g/mol. The number of benzene rings is 2. The van der Waals surface area contributed by atoms with Gasteiger partial charge in [-0.05, 0) is 76.8 Å². The standard InChI is InChI=1S/C35H40FN5O4/c1-19(2)28-29(20(3)12-13-37-28)41-30-24(16-21(4)26-27-23(18-44-31(26)30)10-9-11-25(27)36)32(38-33(41)42)40-15-14-39(17-22(40)5)34(43)45-35(6,7)8/h9-13,16,19,22H,14-15,17-18H2,1-8H3/t22-/m0/s1. The van der Waals surface area contributed by atoms with E-state index in [1.807, 2.05) is 73.6 Å². The first-order valence-electron chi connectivity index (χ1n) is 15.5. The van der Waals surface area contributed by atoms with Crippen LogP contribution in [-0.4, -0.2) is 56.8 Å². The zero-order valence-corrected chi connectivity index (χ0v) is 27.2. The van der Waals surface area contributed by atoms with Crippen molar-refractivity contribution in [2.24, 2.45) is 0 Å². The van der Waals surface area contributed by atoms with Crippen LogP contribution in [0.25, 0.3) is 27.7 Å². The Labute approximate surface area is 262 Å². The molecule has 4 aromatic rings. The number of halogens is 1. The lowest BCUT2D eigenvalue weighted by atomic mass is 9.91. The highest BCUT2D eigenvalue weighted by Crippen LogP contribution is 2.47. The number of aromatic nitrogens is 3. The second kappa shape index (κ2) is 11.2. The maximum absolute atomic E-state index is 15.5. The molecule has 10 heteroatoms. The number of aryl methyl sites for hydroxylation is 2. The molecule has 1 fully saturated rings. The molecular formula is C35H40FN5O4. The van der Waals surface area contributed by atoms with Gasteiger partial charge in [0.1, 0.15) is 29.4 Å². The van der Waals surface area contributed by atoms with Crippen molar-refractivity contribution < 1.29 is 18.7 Å². The van der Waals surface area contributed by atoms with E-state index in [9.17, 15) is 9.59 Å². The van der Waals surface area contributed by atoms with Crippen LogP contribution in [0, 0.1) is 19.7 Å². The quantitative estimate of drug-likeness (QED) is 0.255. The summed E-state index contributed by atoms with van der Waals surface area (Å²) in [4.78, 5) is 40.4. The highest BCUT2D eigenvalue weighted by atomic mass is 19.1. The summed E-state index contributed by atoms with van der Waals surface area (Å²) in [6, 6.07) is 8.69. The van der Waals surface area contributed by atoms with Crippen molar-refractivity contribution in [3.63, 3.8) is 0 Å². The van der Waals surface area contributed by atoms with Crippen LogP contribution in [-0.2, 0) is 11.3 Å². The minimum atomic E-state index is -0.603. The van der Waals surface area contributed by atoms with E-state index in [0.717, 1.165) is 22.4 Å². The monoisotopic (exact) mass is 613 g/mol. The van der Waals surface area contributed by atoms with Crippen molar-refractivity contribution in [3.05, 3.63) is 75.2 Å². The Morgan fingerprint density at radius 2 is 1.87 bits per heavy atom. The van der Waals surface area contributed by atoms with Gasteiger partial charge in [-0.3, -0.25) is 9.55 Å². The first kappa shape index (κ1) is 30.6. The number of carbonyl (C=O) groups is 1. The third-order valence-corrected chi connectivity index (χ3v) is 8.51. The molecule has 0 N–H and O–H groups in total. The molecule has 4 heterocycles. The molecule has 1 amide bonds. The summed E-state index contributed by atoms with van der Waals surface area (Å²) in [5, 5.41) is 0.709. The van der Waals surface area contributed by atoms with Crippen molar-refractivity contribution in [1.82, 2.24) is 19.4 Å². The fraction of sp³-hybridized carbons (Fsp3) is 0.429. The third-order valence-electron chi connectivity index (χ3n) is 8.51. The number of rotatable bonds is 3. The zero-order valence-electron chi connectivity index (χ0n) is 27.2. The minimum Gasteiger partial charge on any atom is -0.486 e. The summed E-state index contributed by atoms with van der Waals surface area (Å²) >= 11 is 0. The van der Waals surface area contributed by atoms with Crippen LogP contribution in [0.2, 0.25) is 0 Å². The summed E-state index contributed by atoms with van der Waals surface area (Å²) in [6.07, 6.45) is 1.38. The number of hydrogen-bond acceptors (Lipinski definition) is 7. The van der Waals surface area contributed by atoms with Gasteiger partial charge < -0.3 is 19.3 Å². The maximum Gasteiger partial charge on any atom is 0.410 e. The fourth-order valence-corrected chi connectivity index (χ4v) is 6.51. The molecule has 0 saturated carbocycles. The number of hydrogen-bond donors (Lipinski definition) is 0. The number of piperazine rings is 1. The Morgan fingerprint density at radius 3 is 2.56 bits per heavy atom. The normalized spacial score (nSPS) is 16.4. The molecule has 0 aliphatic carbocycles. The molecule has 2 aromatic heterocycles. The summed E-state index contributed by atoms with van der Waals surface area (Å²) in [5.41, 5.74) is 4.39. The first-order valence-corrected chi connectivity index (χ1v) is 15.5. The summed E-state index contributed by atoms with van der Waals surface area (Å²) in [6.45, 7) is 16.9. The molecule has 0 spiro atoms. The smallest absolute Gasteiger partial charge is 0.410 e. The highest BCUT2D eigenvalue weighted by molar-refractivity contribution is 6.02. The Morgan fingerprint density at radius 1 is 1.11 bits per heavy atom. The summed E-state index contributed by atoms with van der Waals surface area (Å²) in [7, 11) is 0. The van der Waals surface area contributed by atoms with Crippen molar-refractivity contribution >= 4 is 22.8 Å². The van der Waals surface area contributed by atoms with Crippen molar-refractivity contribution in [2.75, 3.05) is 24.5 Å². The van der Waals surface area contributed by atoms with Crippen LogP contribution in [0.15, 0.2) is 41.3 Å². The Kier molecular flexibility index (Phi) is 7.57. The van der Waals surface area contributed by atoms with E-state index in [0.29, 0.717) is 58.9 Å². The number of ether oxygens (including phenoxy) is 2. The Hall–Kier alpha value is -4.47. The van der Waals surface area contributed by atoms with Crippen LogP contribution in [0.1, 0.15) is 69.8 Å². The van der Waals surface area contributed by atoms with E-state index in [1.54, 1.807) is 21.7 Å². The fourth-order valence-electron chi connectivity index (χ4n) is 6.51. The molecule has 1 saturated heterocycles. The SMILES string of the molecule is Cc1cc2c(N3CCN(C(=O)OC(C)(C)C)C[C@@H]3C)nc(=O)n(-c3c(C)ccnc3C(C)C)c2c2c1-c1c(F)cccc1CO2. The van der Waals surface area contributed by atoms with Crippen LogP contribution >= 0.6 is 0 Å². The van der Waals surface area contributed by atoms with Gasteiger partial charge in [0.2, 0.25) is 0 Å². The van der Waals surface area contributed by atoms with Gasteiger partial charge in [-0.2, -0.15) is 4.98 Å². The maximum atomic E-state index is 15.5. The van der Waals surface area contributed by atoms with Crippen LogP contribution in [0.4, 0.5) is 15.0 Å². The van der Waals surface area contributed by atoms with Crippen molar-refractivity contribution in [3.8, 4) is 22.6 Å². The molecule has 0 bridgehead atoms. The molecule has 45 heavy (non-hydrogen) atoms. The lowest BCUT2D eigenvalue weighted by molar-refractivity contribution is 0.0218. The highest BCUT2D eigenvalue weighted by Gasteiger charge is 2.34. The van der Waals surface area contributed by atoms with Gasteiger partial charge in [0.15, 0.2) is 5.75 Å². The number of fused-ring (bicyclic) bond motifs is 5. The Balaban J connectivity index is 1.61. The minimum absolute atomic E-state index is 0.0165. The van der Waals surface area contributed by atoms with E-state index in [4.69, 9.17) is 14.5 Å². The van der Waals surface area contributed by atoms with E-state index in [-0.39, 0.29) is 30.5 Å². The second-order valence-electron chi connectivity index (χ2n) is 13.4. The topological polar surface area (TPSA) is 89.8 Å². The molecule has 1 atom stereocenters. The molecule has 2 aliphatic rings. The van der Waals surface area contributed by atoms with Crippen LogP contribution < -0.4 is 15.3 Å². The van der Waals surface area contributed by atoms with Gasteiger partial charge in [0.05, 0.1) is 11.4 Å². The third kappa shape index (κ3) is 5.30. The van der Waals surface area contributed by atoms with Gasteiger partial charge >= 0.3 is 11.8 Å². The Bertz CT molecular complexity index is 1890. The van der Waals surface area contributed by atoms with Gasteiger partial charge in [-0.15, -0.1) is 0 Å². The van der Waals surface area contributed by atoms with Crippen LogP contribution in [0.5, 0.6) is 5.75 Å². The summed E-state index contributed by atoms with van der Waals surface area (Å²) < 4.78 is 29.2. The zero-order chi connectivity index (χ0) is 32.4. The van der Waals surface area contributed by atoms with Gasteiger partial charge in [0, 0.05) is 53.9 Å². The van der Waals surface area contributed by atoms with Crippen molar-refractivity contribution in [1.29, 1.82) is 0 Å². The molecule has 9 nitrogen and oxygen atoms in total. The lowest BCUT2D eigenvalue weighted by Gasteiger charge is -2.41. The first-order chi connectivity index (χ1) is 21.3. The van der Waals surface area contributed by atoms with Gasteiger partial charge in [-0.1, -0.05) is 26.0 Å². The molecular weight excluding hydrogens is 573 g/mol. The molecule has 0 radical (unpaired) electrons. The molecule has 0 unspecified atom stereocenters. The van der Waals surface area contributed by atoms with E-state index in [2.05, 4.69) is 9.88 Å². The average Bonchev–Trinajstić information content (AvgIpc) is 2.96. The van der Waals surface area contributed by atoms with E-state index < -0.39 is 11.3 Å². The summed E-state index contributed by atoms with van der Waals surface area (Å²) in [5.74, 6) is 0.628. The molecule has 2 aliphatic heterocycles. The van der Waals surface area contributed by atoms with Gasteiger partial charge in [-0.25, -0.2) is 14.0 Å². The largest absolute Gasteiger partial charge is 0.486 e. The van der Waals surface area contributed by atoms with Gasteiger partial charge in [0.25, 0.3) is 0 Å².